The van der Waals surface area contributed by atoms with Crippen LogP contribution in [-0.4, -0.2) is 6.54 Å². The van der Waals surface area contributed by atoms with Crippen molar-refractivity contribution in [1.82, 2.24) is 5.32 Å². The Labute approximate surface area is 142 Å². The van der Waals surface area contributed by atoms with Crippen LogP contribution in [0.1, 0.15) is 64.0 Å². The number of hydrogen-bond acceptors (Lipinski definition) is 1. The Balaban J connectivity index is 2.14. The standard InChI is InChI=1S/C18H27FIN/c1-3-11-21-18(14-7-5-13(4-2)6-8-14)16-10-9-15(19)12-17(16)20/h9-10,12-14,18,21H,3-8,11H2,1-2H3. The molecule has 0 radical (unpaired) electrons. The summed E-state index contributed by atoms with van der Waals surface area (Å²) >= 11 is 2.28. The van der Waals surface area contributed by atoms with Crippen LogP contribution in [0, 0.1) is 21.2 Å². The van der Waals surface area contributed by atoms with Crippen molar-refractivity contribution in [3.8, 4) is 0 Å². The number of benzene rings is 1. The van der Waals surface area contributed by atoms with E-state index in [2.05, 4.69) is 41.8 Å². The molecule has 0 saturated heterocycles. The van der Waals surface area contributed by atoms with Gasteiger partial charge in [0.15, 0.2) is 0 Å². The fraction of sp³-hybridized carbons (Fsp3) is 0.667. The van der Waals surface area contributed by atoms with E-state index in [0.717, 1.165) is 22.5 Å². The molecule has 0 amide bonds. The Hall–Kier alpha value is -0.160. The average molecular weight is 403 g/mol. The van der Waals surface area contributed by atoms with Crippen molar-refractivity contribution in [2.75, 3.05) is 6.54 Å². The summed E-state index contributed by atoms with van der Waals surface area (Å²) in [5.74, 6) is 1.48. The Bertz CT molecular complexity index is 441. The van der Waals surface area contributed by atoms with Gasteiger partial charge in [-0.05, 0) is 77.9 Å². The fourth-order valence-corrected chi connectivity index (χ4v) is 4.33. The fourth-order valence-electron chi connectivity index (χ4n) is 3.51. The lowest BCUT2D eigenvalue weighted by atomic mass is 9.76. The molecule has 0 aliphatic heterocycles. The summed E-state index contributed by atoms with van der Waals surface area (Å²) in [6, 6.07) is 5.63. The minimum atomic E-state index is -0.132. The Morgan fingerprint density at radius 2 is 1.95 bits per heavy atom. The Kier molecular flexibility index (Phi) is 6.93. The molecule has 1 aliphatic carbocycles. The van der Waals surface area contributed by atoms with Gasteiger partial charge in [0.05, 0.1) is 0 Å². The molecule has 0 aromatic heterocycles. The third-order valence-corrected chi connectivity index (χ3v) is 5.79. The van der Waals surface area contributed by atoms with Gasteiger partial charge in [-0.15, -0.1) is 0 Å². The molecule has 1 aromatic rings. The second-order valence-corrected chi connectivity index (χ2v) is 7.45. The first-order chi connectivity index (χ1) is 10.2. The van der Waals surface area contributed by atoms with E-state index < -0.39 is 0 Å². The SMILES string of the molecule is CCCNC(c1ccc(F)cc1I)C1CCC(CC)CC1. The molecule has 1 nitrogen and oxygen atoms in total. The van der Waals surface area contributed by atoms with Gasteiger partial charge in [0, 0.05) is 9.61 Å². The van der Waals surface area contributed by atoms with Gasteiger partial charge in [0.1, 0.15) is 5.82 Å². The summed E-state index contributed by atoms with van der Waals surface area (Å²) in [5, 5.41) is 3.72. The van der Waals surface area contributed by atoms with Crippen LogP contribution in [0.2, 0.25) is 0 Å². The van der Waals surface area contributed by atoms with Gasteiger partial charge in [-0.1, -0.05) is 39.2 Å². The highest BCUT2D eigenvalue weighted by molar-refractivity contribution is 14.1. The highest BCUT2D eigenvalue weighted by atomic mass is 127. The Morgan fingerprint density at radius 3 is 2.52 bits per heavy atom. The normalized spacial score (nSPS) is 24.0. The monoisotopic (exact) mass is 403 g/mol. The average Bonchev–Trinajstić information content (AvgIpc) is 2.50. The van der Waals surface area contributed by atoms with E-state index >= 15 is 0 Å². The van der Waals surface area contributed by atoms with Crippen LogP contribution >= 0.6 is 22.6 Å². The number of hydrogen-bond donors (Lipinski definition) is 1. The predicted octanol–water partition coefficient (Wildman–Crippen LogP) is 5.69. The van der Waals surface area contributed by atoms with Gasteiger partial charge >= 0.3 is 0 Å². The highest BCUT2D eigenvalue weighted by Crippen LogP contribution is 2.39. The molecule has 1 aliphatic rings. The molecule has 1 N–H and O–H groups in total. The molecular formula is C18H27FIN. The van der Waals surface area contributed by atoms with Crippen molar-refractivity contribution in [3.63, 3.8) is 0 Å². The lowest BCUT2D eigenvalue weighted by Gasteiger charge is -2.35. The molecule has 3 heteroatoms. The van der Waals surface area contributed by atoms with Crippen molar-refractivity contribution in [3.05, 3.63) is 33.1 Å². The first-order valence-electron chi connectivity index (χ1n) is 8.34. The molecule has 1 aromatic carbocycles. The quantitative estimate of drug-likeness (QED) is 0.602. The minimum absolute atomic E-state index is 0.132. The summed E-state index contributed by atoms with van der Waals surface area (Å²) in [5.41, 5.74) is 1.28. The third kappa shape index (κ3) is 4.65. The molecule has 0 bridgehead atoms. The molecule has 0 heterocycles. The van der Waals surface area contributed by atoms with Crippen molar-refractivity contribution in [2.45, 2.75) is 58.4 Å². The van der Waals surface area contributed by atoms with Crippen LogP contribution in [0.5, 0.6) is 0 Å². The molecule has 1 atom stereocenters. The Morgan fingerprint density at radius 1 is 1.24 bits per heavy atom. The number of halogens is 2. The van der Waals surface area contributed by atoms with Gasteiger partial charge in [-0.25, -0.2) is 4.39 Å². The lowest BCUT2D eigenvalue weighted by molar-refractivity contribution is 0.218. The maximum Gasteiger partial charge on any atom is 0.124 e. The van der Waals surface area contributed by atoms with Crippen LogP contribution < -0.4 is 5.32 Å². The zero-order chi connectivity index (χ0) is 15.2. The minimum Gasteiger partial charge on any atom is -0.310 e. The van der Waals surface area contributed by atoms with E-state index in [4.69, 9.17) is 0 Å². The van der Waals surface area contributed by atoms with Gasteiger partial charge in [0.2, 0.25) is 0 Å². The van der Waals surface area contributed by atoms with Gasteiger partial charge in [0.25, 0.3) is 0 Å². The summed E-state index contributed by atoms with van der Waals surface area (Å²) in [6.45, 7) is 5.54. The highest BCUT2D eigenvalue weighted by Gasteiger charge is 2.28. The smallest absolute Gasteiger partial charge is 0.124 e. The van der Waals surface area contributed by atoms with E-state index in [1.165, 1.54) is 37.7 Å². The van der Waals surface area contributed by atoms with Crippen LogP contribution in [0.25, 0.3) is 0 Å². The lowest BCUT2D eigenvalue weighted by Crippen LogP contribution is -2.32. The van der Waals surface area contributed by atoms with Crippen LogP contribution in [0.15, 0.2) is 18.2 Å². The molecule has 118 valence electrons. The van der Waals surface area contributed by atoms with E-state index in [-0.39, 0.29) is 5.82 Å². The maximum atomic E-state index is 13.4. The summed E-state index contributed by atoms with van der Waals surface area (Å²) < 4.78 is 14.4. The first kappa shape index (κ1) is 17.2. The van der Waals surface area contributed by atoms with E-state index in [0.29, 0.717) is 12.0 Å². The van der Waals surface area contributed by atoms with Crippen molar-refractivity contribution < 1.29 is 4.39 Å². The van der Waals surface area contributed by atoms with Crippen LogP contribution in [-0.2, 0) is 0 Å². The maximum absolute atomic E-state index is 13.4. The van der Waals surface area contributed by atoms with Crippen molar-refractivity contribution in [1.29, 1.82) is 0 Å². The van der Waals surface area contributed by atoms with Gasteiger partial charge < -0.3 is 5.32 Å². The van der Waals surface area contributed by atoms with Gasteiger partial charge in [-0.2, -0.15) is 0 Å². The zero-order valence-corrected chi connectivity index (χ0v) is 15.3. The second kappa shape index (κ2) is 8.47. The largest absolute Gasteiger partial charge is 0.310 e. The summed E-state index contributed by atoms with van der Waals surface area (Å²) in [6.07, 6.45) is 7.75. The number of rotatable bonds is 6. The molecular weight excluding hydrogens is 376 g/mol. The molecule has 1 saturated carbocycles. The van der Waals surface area contributed by atoms with E-state index in [1.54, 1.807) is 12.1 Å². The molecule has 21 heavy (non-hydrogen) atoms. The molecule has 2 rings (SSSR count). The molecule has 0 spiro atoms. The van der Waals surface area contributed by atoms with E-state index in [9.17, 15) is 4.39 Å². The molecule has 1 fully saturated rings. The zero-order valence-electron chi connectivity index (χ0n) is 13.2. The van der Waals surface area contributed by atoms with Crippen LogP contribution in [0.4, 0.5) is 4.39 Å². The van der Waals surface area contributed by atoms with E-state index in [1.807, 2.05) is 6.07 Å². The predicted molar refractivity (Wildman–Crippen MR) is 95.9 cm³/mol. The van der Waals surface area contributed by atoms with Crippen molar-refractivity contribution >= 4 is 22.6 Å². The summed E-state index contributed by atoms with van der Waals surface area (Å²) in [4.78, 5) is 0. The topological polar surface area (TPSA) is 12.0 Å². The third-order valence-electron chi connectivity index (χ3n) is 4.85. The number of nitrogens with one attached hydrogen (secondary N) is 1. The van der Waals surface area contributed by atoms with Crippen LogP contribution in [0.3, 0.4) is 0 Å². The second-order valence-electron chi connectivity index (χ2n) is 6.29. The first-order valence-corrected chi connectivity index (χ1v) is 9.41. The van der Waals surface area contributed by atoms with Crippen molar-refractivity contribution in [2.24, 2.45) is 11.8 Å². The summed E-state index contributed by atoms with van der Waals surface area (Å²) in [7, 11) is 0. The molecule has 1 unspecified atom stereocenters. The van der Waals surface area contributed by atoms with Gasteiger partial charge in [-0.3, -0.25) is 0 Å².